The molecule has 3 aliphatic carbocycles. The topological polar surface area (TPSA) is 50.1 Å². The van der Waals surface area contributed by atoms with Gasteiger partial charge in [0.25, 0.3) is 0 Å². The molecule has 1 unspecified atom stereocenters. The summed E-state index contributed by atoms with van der Waals surface area (Å²) in [7, 11) is 0. The molecule has 6 heteroatoms. The Morgan fingerprint density at radius 3 is 1.77 bits per heavy atom. The largest absolute Gasteiger partial charge is 0.317 e. The van der Waals surface area contributed by atoms with E-state index in [2.05, 4.69) is 262 Å². The highest BCUT2D eigenvalue weighted by atomic mass is 15.1. The molecule has 9 aromatic carbocycles. The Bertz CT molecular complexity index is 5280. The molecule has 11 aromatic rings. The van der Waals surface area contributed by atoms with Crippen molar-refractivity contribution in [2.45, 2.75) is 85.0 Å². The van der Waals surface area contributed by atoms with Gasteiger partial charge in [-0.3, -0.25) is 0 Å². The van der Waals surface area contributed by atoms with Crippen LogP contribution >= 0.6 is 0 Å². The lowest BCUT2D eigenvalue weighted by Gasteiger charge is -2.29. The van der Waals surface area contributed by atoms with E-state index in [1.165, 1.54) is 39.0 Å². The zero-order valence-electron chi connectivity index (χ0n) is 57.3. The quantitative estimate of drug-likeness (QED) is 0.128. The van der Waals surface area contributed by atoms with Crippen molar-refractivity contribution < 1.29 is 0 Å². The molecule has 0 spiro atoms. The van der Waals surface area contributed by atoms with Crippen molar-refractivity contribution in [3.63, 3.8) is 0 Å². The summed E-state index contributed by atoms with van der Waals surface area (Å²) in [6.07, 6.45) is 32.6. The number of terminal acetylenes is 1. The lowest BCUT2D eigenvalue weighted by atomic mass is 9.78. The third-order valence-electron chi connectivity index (χ3n) is 20.0. The van der Waals surface area contributed by atoms with E-state index in [-0.39, 0.29) is 16.7 Å². The minimum Gasteiger partial charge on any atom is -0.317 e. The van der Waals surface area contributed by atoms with Gasteiger partial charge >= 0.3 is 0 Å². The normalized spacial score (nSPS) is 17.5. The molecule has 0 fully saturated rings. The smallest absolute Gasteiger partial charge is 0.164 e. The summed E-state index contributed by atoms with van der Waals surface area (Å²) in [5.41, 5.74) is 27.4. The number of hydrogen-bond donors (Lipinski definition) is 0. The highest BCUT2D eigenvalue weighted by Gasteiger charge is 2.39. The van der Waals surface area contributed by atoms with E-state index >= 15 is 0 Å². The van der Waals surface area contributed by atoms with Crippen molar-refractivity contribution in [2.75, 3.05) is 9.80 Å². The Balaban J connectivity index is 0.00000202. The number of rotatable bonds is 10. The average Bonchev–Trinajstić information content (AvgIpc) is 1.58. The summed E-state index contributed by atoms with van der Waals surface area (Å²) in [6, 6.07) is 71.7. The van der Waals surface area contributed by atoms with E-state index in [1.54, 1.807) is 0 Å². The van der Waals surface area contributed by atoms with Gasteiger partial charge < -0.3 is 14.4 Å². The van der Waals surface area contributed by atoms with E-state index in [4.69, 9.17) is 21.4 Å². The molecular weight excluding hydrogens is 1190 g/mol. The predicted octanol–water partition coefficient (Wildman–Crippen LogP) is 24.2. The zero-order chi connectivity index (χ0) is 68.0. The van der Waals surface area contributed by atoms with Crippen molar-refractivity contribution in [3.05, 3.63) is 337 Å². The summed E-state index contributed by atoms with van der Waals surface area (Å²) in [5, 5.41) is 2.19. The van der Waals surface area contributed by atoms with Gasteiger partial charge in [-0.25, -0.2) is 15.0 Å². The van der Waals surface area contributed by atoms with Crippen LogP contribution in [0.3, 0.4) is 0 Å². The first-order valence-corrected chi connectivity index (χ1v) is 34.4. The molecule has 0 saturated carbocycles. The third-order valence-corrected chi connectivity index (χ3v) is 20.0. The predicted molar refractivity (Wildman–Crippen MR) is 417 cm³/mol. The molecule has 0 saturated heterocycles. The molecule has 1 atom stereocenters. The number of benzene rings is 9. The van der Waals surface area contributed by atoms with Gasteiger partial charge in [0.15, 0.2) is 17.5 Å². The standard InChI is InChI=1S/C88H68N6.2C2H6/c1-9-57-49-63(46-48-93(80-35-21-19-32-69(57)80)66-39-41-71-68(10-2)76(11-3)87(5,6)78(71)55-66)62-38-45-83-75(53-62)74-52-61(60-36-43-81-73(51-60)56(4)25-22-23-47-92(81)65-40-42-72-70-33-18-20-34-77(70)88(7,8)79(72)54-65)37-44-82(74)94(83)67-31-24-30-64(50-67)86-90-84(58-26-14-12-15-27-58)89-85(91-86)59-28-16-13-17-29-59;2*1-2/h1,10-19,21-33,35-55,57H,2-4,20,34H2,5-8H3;2*1-2H3/b25-22-,47-23-,48-46-,63-49+;;. The number of hydrogen-bond acceptors (Lipinski definition) is 5. The number of nitrogens with zero attached hydrogens (tertiary/aromatic N) is 6. The monoisotopic (exact) mass is 1270 g/mol. The number of para-hydroxylation sites is 1. The third kappa shape index (κ3) is 10.9. The minimum atomic E-state index is -0.333. The molecular formula is C92H80N6. The van der Waals surface area contributed by atoms with Gasteiger partial charge in [-0.05, 0) is 176 Å². The van der Waals surface area contributed by atoms with Crippen molar-refractivity contribution in [1.82, 2.24) is 19.5 Å². The first kappa shape index (κ1) is 63.7. The van der Waals surface area contributed by atoms with E-state index in [9.17, 15) is 0 Å². The number of fused-ring (bicyclic) bond motifs is 8. The Labute approximate surface area is 578 Å². The van der Waals surface area contributed by atoms with Crippen LogP contribution in [0, 0.1) is 12.3 Å². The van der Waals surface area contributed by atoms with Crippen LogP contribution in [0.5, 0.6) is 0 Å². The summed E-state index contributed by atoms with van der Waals surface area (Å²) < 4.78 is 2.38. The second-order valence-electron chi connectivity index (χ2n) is 26.0. The summed E-state index contributed by atoms with van der Waals surface area (Å²) >= 11 is 0. The lowest BCUT2D eigenvalue weighted by Crippen LogP contribution is -2.19. The Morgan fingerprint density at radius 2 is 1.09 bits per heavy atom. The summed E-state index contributed by atoms with van der Waals surface area (Å²) in [4.78, 5) is 20.0. The van der Waals surface area contributed by atoms with E-state index in [0.717, 1.165) is 124 Å². The molecule has 0 radical (unpaired) electrons. The average molecular weight is 1270 g/mol. The van der Waals surface area contributed by atoms with E-state index < -0.39 is 0 Å². The van der Waals surface area contributed by atoms with Gasteiger partial charge in [-0.2, -0.15) is 0 Å². The first-order chi connectivity index (χ1) is 47.9. The van der Waals surface area contributed by atoms with Crippen molar-refractivity contribution in [3.8, 4) is 63.3 Å². The van der Waals surface area contributed by atoms with Crippen molar-refractivity contribution >= 4 is 66.8 Å². The van der Waals surface area contributed by atoms with Gasteiger partial charge in [0.1, 0.15) is 0 Å². The van der Waals surface area contributed by atoms with Crippen LogP contribution in [0.15, 0.2) is 298 Å². The molecule has 0 bridgehead atoms. The SMILES string of the molecule is C#CC1/C=C(c2ccc3c(c2)c2cc(-c4ccc5c(c4)C(=C)/C=C\C=C/N5c4ccc5c(c4)C(C)(C)C4=C5C=CCC4)ccc2n3-c2cccc(-c3nc(-c4ccccc4)nc(-c4ccccc4)n3)c2)\C=C/N(c2ccc3c(c2)C(C)(C)C(C=C)=C3C=C)c2ccccc21.CC.CC. The Hall–Kier alpha value is -11.7. The molecule has 2 aromatic heterocycles. The van der Waals surface area contributed by atoms with Gasteiger partial charge in [-0.1, -0.05) is 250 Å². The van der Waals surface area contributed by atoms with Crippen LogP contribution in [0.4, 0.5) is 22.7 Å². The van der Waals surface area contributed by atoms with Gasteiger partial charge in [0.2, 0.25) is 0 Å². The van der Waals surface area contributed by atoms with Crippen molar-refractivity contribution in [2.24, 2.45) is 0 Å². The molecule has 4 heterocycles. The van der Waals surface area contributed by atoms with Crippen LogP contribution in [0.2, 0.25) is 0 Å². The molecule has 0 N–H and O–H groups in total. The summed E-state index contributed by atoms with van der Waals surface area (Å²) in [6.45, 7) is 30.4. The number of allylic oxidation sites excluding steroid dienone is 15. The van der Waals surface area contributed by atoms with Crippen LogP contribution < -0.4 is 9.80 Å². The van der Waals surface area contributed by atoms with E-state index in [1.807, 2.05) is 101 Å². The molecule has 98 heavy (non-hydrogen) atoms. The number of anilines is 4. The second kappa shape index (κ2) is 26.2. The summed E-state index contributed by atoms with van der Waals surface area (Å²) in [5.74, 6) is 4.68. The lowest BCUT2D eigenvalue weighted by molar-refractivity contribution is 0.607. The highest BCUT2D eigenvalue weighted by Crippen LogP contribution is 2.53. The minimum absolute atomic E-state index is 0.0567. The molecule has 2 aliphatic heterocycles. The number of aromatic nitrogens is 4. The van der Waals surface area contributed by atoms with Crippen LogP contribution in [-0.2, 0) is 10.8 Å². The van der Waals surface area contributed by atoms with Crippen LogP contribution in [0.25, 0.3) is 95.1 Å². The molecule has 6 nitrogen and oxygen atoms in total. The molecule has 0 amide bonds. The molecule has 16 rings (SSSR count). The second-order valence-corrected chi connectivity index (χ2v) is 26.0. The van der Waals surface area contributed by atoms with Crippen LogP contribution in [0.1, 0.15) is 113 Å². The molecule has 478 valence electrons. The maximum absolute atomic E-state index is 6.63. The van der Waals surface area contributed by atoms with Crippen molar-refractivity contribution in [1.29, 1.82) is 0 Å². The van der Waals surface area contributed by atoms with Gasteiger partial charge in [0.05, 0.1) is 28.3 Å². The van der Waals surface area contributed by atoms with Gasteiger partial charge in [-0.15, -0.1) is 6.42 Å². The van der Waals surface area contributed by atoms with E-state index in [0.29, 0.717) is 17.5 Å². The fraction of sp³-hybridized carbons (Fsp3) is 0.141. The molecule has 5 aliphatic rings. The fourth-order valence-corrected chi connectivity index (χ4v) is 15.2. The van der Waals surface area contributed by atoms with Gasteiger partial charge in [0, 0.05) is 73.3 Å². The maximum atomic E-state index is 6.63. The Morgan fingerprint density at radius 1 is 0.500 bits per heavy atom. The highest BCUT2D eigenvalue weighted by molar-refractivity contribution is 6.12. The fourth-order valence-electron chi connectivity index (χ4n) is 15.2. The zero-order valence-corrected chi connectivity index (χ0v) is 57.3. The Kier molecular flexibility index (Phi) is 17.0. The maximum Gasteiger partial charge on any atom is 0.164 e. The van der Waals surface area contributed by atoms with Crippen LogP contribution in [-0.4, -0.2) is 19.5 Å². The first-order valence-electron chi connectivity index (χ1n) is 34.4.